The molecule has 2 heterocycles. The van der Waals surface area contributed by atoms with Gasteiger partial charge in [-0.05, 0) is 56.2 Å². The van der Waals surface area contributed by atoms with E-state index in [1.807, 2.05) is 49.4 Å². The summed E-state index contributed by atoms with van der Waals surface area (Å²) in [6.45, 7) is 1.92. The number of hydrogen-bond acceptors (Lipinski definition) is 4. The normalized spacial score (nSPS) is 11.5. The quantitative estimate of drug-likeness (QED) is 0.514. The average Bonchev–Trinajstić information content (AvgIpc) is 2.73. The lowest BCUT2D eigenvalue weighted by Gasteiger charge is -2.11. The van der Waals surface area contributed by atoms with Crippen LogP contribution in [0.4, 0.5) is 5.69 Å². The minimum absolute atomic E-state index is 0.228. The molecule has 0 saturated heterocycles. The second-order valence-electron chi connectivity index (χ2n) is 6.92. The molecule has 4 aromatic rings. The van der Waals surface area contributed by atoms with E-state index < -0.39 is 10.0 Å². The topological polar surface area (TPSA) is 72.0 Å². The summed E-state index contributed by atoms with van der Waals surface area (Å²) in [6, 6.07) is 22.1. The van der Waals surface area contributed by atoms with Crippen LogP contribution in [0.1, 0.15) is 17.0 Å². The average molecular weight is 404 g/mol. The molecule has 0 amide bonds. The van der Waals surface area contributed by atoms with Crippen molar-refractivity contribution in [2.75, 3.05) is 4.72 Å². The van der Waals surface area contributed by atoms with Crippen molar-refractivity contribution in [3.8, 4) is 0 Å². The number of benzene rings is 2. The van der Waals surface area contributed by atoms with E-state index in [0.29, 0.717) is 11.2 Å². The first-order valence-electron chi connectivity index (χ1n) is 9.39. The van der Waals surface area contributed by atoms with Crippen LogP contribution in [0.15, 0.2) is 83.9 Å². The lowest BCUT2D eigenvalue weighted by atomic mass is 10.1. The Kier molecular flexibility index (Phi) is 5.27. The fourth-order valence-electron chi connectivity index (χ4n) is 3.13. The van der Waals surface area contributed by atoms with E-state index in [9.17, 15) is 8.42 Å². The SMILES string of the molecule is Cc1ccc(S(=O)(=O)Nc2cccc3ccc(CCc4ccccn4)nc23)cc1. The molecule has 0 bridgehead atoms. The highest BCUT2D eigenvalue weighted by Gasteiger charge is 2.16. The van der Waals surface area contributed by atoms with E-state index in [0.717, 1.165) is 35.2 Å². The lowest BCUT2D eigenvalue weighted by molar-refractivity contribution is 0.601. The monoisotopic (exact) mass is 403 g/mol. The number of sulfonamides is 1. The zero-order valence-corrected chi connectivity index (χ0v) is 16.9. The molecule has 6 heteroatoms. The van der Waals surface area contributed by atoms with Crippen molar-refractivity contribution < 1.29 is 8.42 Å². The van der Waals surface area contributed by atoms with Gasteiger partial charge in [-0.1, -0.05) is 42.0 Å². The molecule has 1 N–H and O–H groups in total. The smallest absolute Gasteiger partial charge is 0.261 e. The number of hydrogen-bond donors (Lipinski definition) is 1. The molecule has 0 radical (unpaired) electrons. The fourth-order valence-corrected chi connectivity index (χ4v) is 4.20. The van der Waals surface area contributed by atoms with Crippen LogP contribution >= 0.6 is 0 Å². The van der Waals surface area contributed by atoms with E-state index in [2.05, 4.69) is 9.71 Å². The summed E-state index contributed by atoms with van der Waals surface area (Å²) >= 11 is 0. The van der Waals surface area contributed by atoms with Gasteiger partial charge in [-0.25, -0.2) is 8.42 Å². The number of aryl methyl sites for hydroxylation is 3. The fraction of sp³-hybridized carbons (Fsp3) is 0.130. The van der Waals surface area contributed by atoms with Gasteiger partial charge in [-0.2, -0.15) is 0 Å². The molecule has 146 valence electrons. The van der Waals surface area contributed by atoms with E-state index in [4.69, 9.17) is 4.98 Å². The third kappa shape index (κ3) is 4.43. The molecular weight excluding hydrogens is 382 g/mol. The van der Waals surface area contributed by atoms with Crippen molar-refractivity contribution in [2.24, 2.45) is 0 Å². The molecule has 29 heavy (non-hydrogen) atoms. The zero-order chi connectivity index (χ0) is 20.3. The molecule has 0 aliphatic carbocycles. The van der Waals surface area contributed by atoms with Crippen molar-refractivity contribution in [1.82, 2.24) is 9.97 Å². The van der Waals surface area contributed by atoms with Crippen LogP contribution in [0, 0.1) is 6.92 Å². The molecule has 0 aliphatic rings. The minimum Gasteiger partial charge on any atom is -0.277 e. The Morgan fingerprint density at radius 3 is 2.38 bits per heavy atom. The summed E-state index contributed by atoms with van der Waals surface area (Å²) in [4.78, 5) is 9.30. The molecule has 0 atom stereocenters. The predicted molar refractivity (Wildman–Crippen MR) is 115 cm³/mol. The van der Waals surface area contributed by atoms with Gasteiger partial charge >= 0.3 is 0 Å². The summed E-state index contributed by atoms with van der Waals surface area (Å²) in [7, 11) is -3.69. The Morgan fingerprint density at radius 1 is 0.828 bits per heavy atom. The van der Waals surface area contributed by atoms with Crippen LogP contribution < -0.4 is 4.72 Å². The van der Waals surface area contributed by atoms with Crippen molar-refractivity contribution in [1.29, 1.82) is 0 Å². The minimum atomic E-state index is -3.69. The highest BCUT2D eigenvalue weighted by molar-refractivity contribution is 7.92. The number of nitrogens with zero attached hydrogens (tertiary/aromatic N) is 2. The van der Waals surface area contributed by atoms with Gasteiger partial charge < -0.3 is 0 Å². The van der Waals surface area contributed by atoms with Gasteiger partial charge in [0.1, 0.15) is 0 Å². The number of rotatable bonds is 6. The van der Waals surface area contributed by atoms with Crippen LogP contribution in [0.2, 0.25) is 0 Å². The standard InChI is InChI=1S/C23H21N3O2S/c1-17-8-14-21(15-9-17)29(27,28)26-22-7-4-5-18-10-11-20(25-23(18)22)13-12-19-6-2-3-16-24-19/h2-11,14-16,26H,12-13H2,1H3. The molecule has 5 nitrogen and oxygen atoms in total. The third-order valence-corrected chi connectivity index (χ3v) is 6.10. The number of pyridine rings is 2. The maximum absolute atomic E-state index is 12.8. The van der Waals surface area contributed by atoms with Gasteiger partial charge in [0.25, 0.3) is 10.0 Å². The Labute approximate surface area is 170 Å². The summed E-state index contributed by atoms with van der Waals surface area (Å²) in [6.07, 6.45) is 3.28. The Balaban J connectivity index is 1.63. The maximum atomic E-state index is 12.8. The van der Waals surface area contributed by atoms with Gasteiger partial charge in [0.15, 0.2) is 0 Å². The number of anilines is 1. The molecule has 2 aromatic carbocycles. The Hall–Kier alpha value is -3.25. The first-order valence-corrected chi connectivity index (χ1v) is 10.9. The summed E-state index contributed by atoms with van der Waals surface area (Å²) < 4.78 is 28.3. The maximum Gasteiger partial charge on any atom is 0.261 e. The molecule has 0 fully saturated rings. The molecule has 2 aromatic heterocycles. The summed E-state index contributed by atoms with van der Waals surface area (Å²) in [5.74, 6) is 0. The van der Waals surface area contributed by atoms with Crippen molar-refractivity contribution in [2.45, 2.75) is 24.7 Å². The van der Waals surface area contributed by atoms with Crippen LogP contribution in [0.3, 0.4) is 0 Å². The number of fused-ring (bicyclic) bond motifs is 1. The van der Waals surface area contributed by atoms with Gasteiger partial charge in [0.2, 0.25) is 0 Å². The van der Waals surface area contributed by atoms with E-state index in [1.165, 1.54) is 0 Å². The van der Waals surface area contributed by atoms with Crippen LogP contribution in [0.25, 0.3) is 10.9 Å². The van der Waals surface area contributed by atoms with Gasteiger partial charge in [0.05, 0.1) is 16.1 Å². The lowest BCUT2D eigenvalue weighted by Crippen LogP contribution is -2.13. The second kappa shape index (κ2) is 8.01. The first kappa shape index (κ1) is 19.1. The largest absolute Gasteiger partial charge is 0.277 e. The predicted octanol–water partition coefficient (Wildman–Crippen LogP) is 4.52. The number of nitrogens with one attached hydrogen (secondary N) is 1. The first-order chi connectivity index (χ1) is 14.0. The molecule has 0 aliphatic heterocycles. The number of aromatic nitrogens is 2. The van der Waals surface area contributed by atoms with Crippen LogP contribution in [0.5, 0.6) is 0 Å². The second-order valence-corrected chi connectivity index (χ2v) is 8.60. The highest BCUT2D eigenvalue weighted by atomic mass is 32.2. The van der Waals surface area contributed by atoms with Crippen LogP contribution in [-0.4, -0.2) is 18.4 Å². The van der Waals surface area contributed by atoms with E-state index >= 15 is 0 Å². The molecule has 0 unspecified atom stereocenters. The van der Waals surface area contributed by atoms with Crippen LogP contribution in [-0.2, 0) is 22.9 Å². The third-order valence-electron chi connectivity index (χ3n) is 4.72. The Bertz CT molecular complexity index is 1240. The highest BCUT2D eigenvalue weighted by Crippen LogP contribution is 2.25. The molecule has 0 saturated carbocycles. The zero-order valence-electron chi connectivity index (χ0n) is 16.0. The number of para-hydroxylation sites is 1. The summed E-state index contributed by atoms with van der Waals surface area (Å²) in [5, 5.41) is 0.885. The van der Waals surface area contributed by atoms with Gasteiger partial charge in [-0.3, -0.25) is 14.7 Å². The van der Waals surface area contributed by atoms with Gasteiger partial charge in [-0.15, -0.1) is 0 Å². The Morgan fingerprint density at radius 2 is 1.62 bits per heavy atom. The molecule has 0 spiro atoms. The van der Waals surface area contributed by atoms with Crippen molar-refractivity contribution >= 4 is 26.6 Å². The van der Waals surface area contributed by atoms with Gasteiger partial charge in [0, 0.05) is 23.0 Å². The molecular formula is C23H21N3O2S. The van der Waals surface area contributed by atoms with E-state index in [1.54, 1.807) is 36.5 Å². The van der Waals surface area contributed by atoms with Crippen molar-refractivity contribution in [3.63, 3.8) is 0 Å². The molecule has 4 rings (SSSR count). The summed E-state index contributed by atoms with van der Waals surface area (Å²) in [5.41, 5.74) is 4.02. The van der Waals surface area contributed by atoms with E-state index in [-0.39, 0.29) is 4.90 Å². The van der Waals surface area contributed by atoms with Crippen molar-refractivity contribution in [3.05, 3.63) is 95.9 Å².